The van der Waals surface area contributed by atoms with Crippen molar-refractivity contribution >= 4 is 5.78 Å². The second-order valence-electron chi connectivity index (χ2n) is 3.51. The number of carbonyl (C=O) groups is 1. The molecular weight excluding hydrogens is 126 g/mol. The van der Waals surface area contributed by atoms with Gasteiger partial charge in [0, 0.05) is 19.5 Å². The highest BCUT2D eigenvalue weighted by molar-refractivity contribution is 5.85. The Balaban J connectivity index is 2.48. The molecule has 0 radical (unpaired) electrons. The fourth-order valence-electron chi connectivity index (χ4n) is 1.75. The summed E-state index contributed by atoms with van der Waals surface area (Å²) in [5.41, 5.74) is -0.0104. The van der Waals surface area contributed by atoms with Crippen LogP contribution in [0.2, 0.25) is 0 Å². The first-order chi connectivity index (χ1) is 4.58. The minimum atomic E-state index is -0.0104. The van der Waals surface area contributed by atoms with Gasteiger partial charge in [0.05, 0.1) is 5.41 Å². The summed E-state index contributed by atoms with van der Waals surface area (Å²) in [7, 11) is 2.05. The third kappa shape index (κ3) is 1.08. The van der Waals surface area contributed by atoms with Gasteiger partial charge in [-0.3, -0.25) is 4.79 Å². The molecule has 0 saturated carbocycles. The van der Waals surface area contributed by atoms with Gasteiger partial charge < -0.3 is 4.90 Å². The molecule has 2 heteroatoms. The molecule has 2 nitrogen and oxygen atoms in total. The van der Waals surface area contributed by atoms with Gasteiger partial charge in [0.2, 0.25) is 0 Å². The molecule has 0 atom stereocenters. The van der Waals surface area contributed by atoms with Gasteiger partial charge in [-0.05, 0) is 7.05 Å². The number of hydrogen-bond acceptors (Lipinski definition) is 2. The number of hydrogen-bond donors (Lipinski definition) is 0. The molecule has 0 aliphatic carbocycles. The van der Waals surface area contributed by atoms with E-state index in [1.165, 1.54) is 0 Å². The van der Waals surface area contributed by atoms with Crippen LogP contribution < -0.4 is 0 Å². The van der Waals surface area contributed by atoms with Gasteiger partial charge in [-0.15, -0.1) is 0 Å². The Hall–Kier alpha value is -0.370. The summed E-state index contributed by atoms with van der Waals surface area (Å²) in [6.45, 7) is 5.88. The third-order valence-corrected chi connectivity index (χ3v) is 2.23. The molecule has 1 rings (SSSR count). The number of Topliss-reactive ketones (excluding diaryl/α,β-unsaturated/α-hetero) is 1. The zero-order chi connectivity index (χ0) is 7.78. The molecule has 10 heavy (non-hydrogen) atoms. The Morgan fingerprint density at radius 2 is 2.10 bits per heavy atom. The van der Waals surface area contributed by atoms with Crippen LogP contribution in [0.1, 0.15) is 20.3 Å². The van der Waals surface area contributed by atoms with Crippen molar-refractivity contribution in [3.05, 3.63) is 0 Å². The first-order valence-electron chi connectivity index (χ1n) is 3.80. The Morgan fingerprint density at radius 3 is 2.40 bits per heavy atom. The van der Waals surface area contributed by atoms with E-state index >= 15 is 0 Å². The van der Waals surface area contributed by atoms with Crippen molar-refractivity contribution in [2.24, 2.45) is 5.41 Å². The van der Waals surface area contributed by atoms with Crippen molar-refractivity contribution in [3.8, 4) is 0 Å². The normalized spacial score (nSPS) is 23.9. The Bertz CT molecular complexity index is 147. The maximum Gasteiger partial charge on any atom is 0.141 e. The summed E-state index contributed by atoms with van der Waals surface area (Å²) in [6, 6.07) is 0. The van der Waals surface area contributed by atoms with Gasteiger partial charge in [0.25, 0.3) is 0 Å². The lowest BCUT2D eigenvalue weighted by atomic mass is 9.77. The second-order valence-corrected chi connectivity index (χ2v) is 3.51. The molecule has 0 N–H and O–H groups in total. The molecule has 1 aliphatic heterocycles. The third-order valence-electron chi connectivity index (χ3n) is 2.23. The zero-order valence-electron chi connectivity index (χ0n) is 6.98. The Morgan fingerprint density at radius 1 is 1.60 bits per heavy atom. The van der Waals surface area contributed by atoms with Crippen LogP contribution in [0.4, 0.5) is 0 Å². The minimum absolute atomic E-state index is 0.0104. The molecule has 1 heterocycles. The van der Waals surface area contributed by atoms with Crippen LogP contribution in [0.5, 0.6) is 0 Å². The molecule has 0 aromatic rings. The summed E-state index contributed by atoms with van der Waals surface area (Å²) >= 11 is 0. The predicted molar refractivity (Wildman–Crippen MR) is 40.9 cm³/mol. The van der Waals surface area contributed by atoms with Gasteiger partial charge in [-0.2, -0.15) is 0 Å². The van der Waals surface area contributed by atoms with Gasteiger partial charge in [-0.25, -0.2) is 0 Å². The zero-order valence-corrected chi connectivity index (χ0v) is 6.98. The molecule has 1 fully saturated rings. The van der Waals surface area contributed by atoms with E-state index in [4.69, 9.17) is 0 Å². The SMILES string of the molecule is CCC(=O)C1(C)CN(C)C1. The smallest absolute Gasteiger partial charge is 0.141 e. The van der Waals surface area contributed by atoms with E-state index in [0.29, 0.717) is 12.2 Å². The average Bonchev–Trinajstić information content (AvgIpc) is 1.83. The van der Waals surface area contributed by atoms with Gasteiger partial charge in [0.15, 0.2) is 0 Å². The van der Waals surface area contributed by atoms with Crippen LogP contribution >= 0.6 is 0 Å². The molecule has 0 aromatic carbocycles. The van der Waals surface area contributed by atoms with Crippen molar-refractivity contribution in [2.45, 2.75) is 20.3 Å². The molecule has 0 bridgehead atoms. The minimum Gasteiger partial charge on any atom is -0.304 e. The Kier molecular flexibility index (Phi) is 1.82. The van der Waals surface area contributed by atoms with E-state index in [-0.39, 0.29) is 5.41 Å². The highest BCUT2D eigenvalue weighted by atomic mass is 16.1. The molecule has 0 unspecified atom stereocenters. The molecule has 0 spiro atoms. The van der Waals surface area contributed by atoms with Crippen LogP contribution in [-0.2, 0) is 4.79 Å². The Labute approximate surface area is 62.2 Å². The molecule has 58 valence electrons. The van der Waals surface area contributed by atoms with Gasteiger partial charge in [0.1, 0.15) is 5.78 Å². The van der Waals surface area contributed by atoms with Crippen LogP contribution in [0.25, 0.3) is 0 Å². The summed E-state index contributed by atoms with van der Waals surface area (Å²) in [5.74, 6) is 0.408. The van der Waals surface area contributed by atoms with Crippen LogP contribution in [0, 0.1) is 5.41 Å². The van der Waals surface area contributed by atoms with Gasteiger partial charge >= 0.3 is 0 Å². The topological polar surface area (TPSA) is 20.3 Å². The second kappa shape index (κ2) is 2.35. The number of rotatable bonds is 2. The maximum absolute atomic E-state index is 11.2. The highest BCUT2D eigenvalue weighted by Crippen LogP contribution is 2.29. The van der Waals surface area contributed by atoms with Crippen LogP contribution in [-0.4, -0.2) is 30.8 Å². The summed E-state index contributed by atoms with van der Waals surface area (Å²) in [6.07, 6.45) is 0.685. The predicted octanol–water partition coefficient (Wildman–Crippen LogP) is 0.917. The van der Waals surface area contributed by atoms with Crippen LogP contribution in [0.15, 0.2) is 0 Å². The highest BCUT2D eigenvalue weighted by Gasteiger charge is 2.41. The standard InChI is InChI=1S/C8H15NO/c1-4-7(10)8(2)5-9(3)6-8/h4-6H2,1-3H3. The first kappa shape index (κ1) is 7.73. The van der Waals surface area contributed by atoms with Crippen molar-refractivity contribution in [1.82, 2.24) is 4.90 Å². The van der Waals surface area contributed by atoms with Crippen molar-refractivity contribution in [3.63, 3.8) is 0 Å². The lowest BCUT2D eigenvalue weighted by Crippen LogP contribution is -2.56. The fraction of sp³-hybridized carbons (Fsp3) is 0.875. The van der Waals surface area contributed by atoms with E-state index in [9.17, 15) is 4.79 Å². The summed E-state index contributed by atoms with van der Waals surface area (Å²) in [4.78, 5) is 13.4. The van der Waals surface area contributed by atoms with E-state index < -0.39 is 0 Å². The number of ketones is 1. The summed E-state index contributed by atoms with van der Waals surface area (Å²) < 4.78 is 0. The monoisotopic (exact) mass is 141 g/mol. The summed E-state index contributed by atoms with van der Waals surface area (Å²) in [5, 5.41) is 0. The van der Waals surface area contributed by atoms with Crippen LogP contribution in [0.3, 0.4) is 0 Å². The quantitative estimate of drug-likeness (QED) is 0.570. The van der Waals surface area contributed by atoms with Crippen molar-refractivity contribution in [2.75, 3.05) is 20.1 Å². The molecule has 1 saturated heterocycles. The van der Waals surface area contributed by atoms with Crippen molar-refractivity contribution in [1.29, 1.82) is 0 Å². The number of nitrogens with zero attached hydrogens (tertiary/aromatic N) is 1. The molecule has 1 aliphatic rings. The maximum atomic E-state index is 11.2. The van der Waals surface area contributed by atoms with Gasteiger partial charge in [-0.1, -0.05) is 13.8 Å². The lowest BCUT2D eigenvalue weighted by Gasteiger charge is -2.44. The van der Waals surface area contributed by atoms with E-state index in [2.05, 4.69) is 11.8 Å². The first-order valence-corrected chi connectivity index (χ1v) is 3.80. The lowest BCUT2D eigenvalue weighted by molar-refractivity contribution is -0.135. The molecular formula is C8H15NO. The molecule has 0 aromatic heterocycles. The van der Waals surface area contributed by atoms with E-state index in [0.717, 1.165) is 13.1 Å². The number of carbonyl (C=O) groups excluding carboxylic acids is 1. The largest absolute Gasteiger partial charge is 0.304 e. The molecule has 0 amide bonds. The fourth-order valence-corrected chi connectivity index (χ4v) is 1.75. The average molecular weight is 141 g/mol. The van der Waals surface area contributed by atoms with E-state index in [1.54, 1.807) is 0 Å². The van der Waals surface area contributed by atoms with Crippen molar-refractivity contribution < 1.29 is 4.79 Å². The van der Waals surface area contributed by atoms with E-state index in [1.807, 2.05) is 14.0 Å². The number of likely N-dealkylation sites (tertiary alicyclic amines) is 1.